The Morgan fingerprint density at radius 1 is 1.29 bits per heavy atom. The smallest absolute Gasteiger partial charge is 0.223 e. The molecule has 2 aromatic heterocycles. The van der Waals surface area contributed by atoms with Crippen molar-refractivity contribution < 1.29 is 14.1 Å². The van der Waals surface area contributed by atoms with Crippen LogP contribution in [0.4, 0.5) is 0 Å². The molecule has 10 nitrogen and oxygen atoms in total. The zero-order valence-electron chi connectivity index (χ0n) is 16.3. The van der Waals surface area contributed by atoms with E-state index < -0.39 is 0 Å². The normalized spacial score (nSPS) is 20.8. The Morgan fingerprint density at radius 2 is 2.14 bits per heavy atom. The van der Waals surface area contributed by atoms with Crippen molar-refractivity contribution in [2.75, 3.05) is 32.8 Å². The summed E-state index contributed by atoms with van der Waals surface area (Å²) < 4.78 is 12.4. The molecule has 1 amide bonds. The Kier molecular flexibility index (Phi) is 5.96. The van der Waals surface area contributed by atoms with Gasteiger partial charge in [-0.25, -0.2) is 4.68 Å². The first-order valence-electron chi connectivity index (χ1n) is 9.98. The Morgan fingerprint density at radius 3 is 2.93 bits per heavy atom. The maximum Gasteiger partial charge on any atom is 0.223 e. The molecule has 0 aliphatic carbocycles. The summed E-state index contributed by atoms with van der Waals surface area (Å²) in [6.07, 6.45) is 3.12. The summed E-state index contributed by atoms with van der Waals surface area (Å²) in [4.78, 5) is 17.0. The number of ether oxygens (including phenoxy) is 1. The number of tetrazole rings is 1. The summed E-state index contributed by atoms with van der Waals surface area (Å²) in [5, 5.41) is 16.1. The minimum Gasteiger partial charge on any atom is -0.379 e. The molecule has 1 atom stereocenters. The van der Waals surface area contributed by atoms with Crippen molar-refractivity contribution >= 4 is 5.91 Å². The van der Waals surface area contributed by atoms with Crippen LogP contribution in [0.5, 0.6) is 0 Å². The van der Waals surface area contributed by atoms with Crippen LogP contribution in [0, 0.1) is 6.92 Å². The van der Waals surface area contributed by atoms with E-state index in [9.17, 15) is 4.79 Å². The van der Waals surface area contributed by atoms with Crippen molar-refractivity contribution in [3.05, 3.63) is 23.3 Å². The third-order valence-electron chi connectivity index (χ3n) is 5.40. The molecule has 4 rings (SSSR count). The van der Waals surface area contributed by atoms with Gasteiger partial charge in [-0.1, -0.05) is 5.16 Å². The minimum atomic E-state index is 0.0369. The first-order valence-corrected chi connectivity index (χ1v) is 9.98. The lowest BCUT2D eigenvalue weighted by Gasteiger charge is -2.25. The summed E-state index contributed by atoms with van der Waals surface area (Å²) in [5.74, 6) is 1.78. The summed E-state index contributed by atoms with van der Waals surface area (Å²) in [6.45, 7) is 7.29. The molecular formula is C18H27N7O3. The lowest BCUT2D eigenvalue weighted by atomic mass is 10.1. The first kappa shape index (κ1) is 19.0. The number of aromatic nitrogens is 5. The van der Waals surface area contributed by atoms with Crippen molar-refractivity contribution in [2.24, 2.45) is 0 Å². The van der Waals surface area contributed by atoms with Crippen LogP contribution in [-0.4, -0.2) is 73.9 Å². The largest absolute Gasteiger partial charge is 0.379 e. The summed E-state index contributed by atoms with van der Waals surface area (Å²) in [5.41, 5.74) is 0.858. The van der Waals surface area contributed by atoms with Gasteiger partial charge in [0.05, 0.1) is 25.8 Å². The molecule has 0 N–H and O–H groups in total. The van der Waals surface area contributed by atoms with E-state index in [1.165, 1.54) is 0 Å². The molecule has 0 saturated carbocycles. The SMILES string of the molecule is Cc1cc([C@H]2CCCN2C(=O)CCCn2nnnc2CN2CCOCC2)no1. The van der Waals surface area contributed by atoms with Crippen LogP contribution < -0.4 is 0 Å². The van der Waals surface area contributed by atoms with Gasteiger partial charge in [0.1, 0.15) is 11.5 Å². The Labute approximate surface area is 163 Å². The van der Waals surface area contributed by atoms with E-state index in [1.807, 2.05) is 22.6 Å². The second kappa shape index (κ2) is 8.78. The van der Waals surface area contributed by atoms with Crippen LogP contribution >= 0.6 is 0 Å². The molecule has 0 bridgehead atoms. The molecular weight excluding hydrogens is 362 g/mol. The third-order valence-corrected chi connectivity index (χ3v) is 5.40. The average molecular weight is 389 g/mol. The summed E-state index contributed by atoms with van der Waals surface area (Å²) >= 11 is 0. The number of nitrogens with zero attached hydrogens (tertiary/aromatic N) is 7. The highest BCUT2D eigenvalue weighted by atomic mass is 16.5. The number of hydrogen-bond acceptors (Lipinski definition) is 8. The van der Waals surface area contributed by atoms with Crippen LogP contribution in [0.25, 0.3) is 0 Å². The van der Waals surface area contributed by atoms with Crippen LogP contribution in [-0.2, 0) is 22.6 Å². The number of amides is 1. The van der Waals surface area contributed by atoms with Gasteiger partial charge in [0.2, 0.25) is 5.91 Å². The van der Waals surface area contributed by atoms with Gasteiger partial charge in [0, 0.05) is 38.7 Å². The van der Waals surface area contributed by atoms with Crippen molar-refractivity contribution in [3.8, 4) is 0 Å². The fourth-order valence-electron chi connectivity index (χ4n) is 3.91. The number of morpholine rings is 1. The molecule has 0 spiro atoms. The molecule has 0 aromatic carbocycles. The lowest BCUT2D eigenvalue weighted by Crippen LogP contribution is -2.36. The molecule has 2 fully saturated rings. The zero-order valence-corrected chi connectivity index (χ0v) is 16.3. The van der Waals surface area contributed by atoms with Gasteiger partial charge in [0.15, 0.2) is 5.82 Å². The van der Waals surface area contributed by atoms with Gasteiger partial charge in [-0.15, -0.1) is 5.10 Å². The highest BCUT2D eigenvalue weighted by Gasteiger charge is 2.31. The number of carbonyl (C=O) groups is 1. The number of hydrogen-bond donors (Lipinski definition) is 0. The summed E-state index contributed by atoms with van der Waals surface area (Å²) in [6, 6.07) is 1.96. The van der Waals surface area contributed by atoms with E-state index in [0.717, 1.165) is 63.0 Å². The second-order valence-corrected chi connectivity index (χ2v) is 7.42. The van der Waals surface area contributed by atoms with E-state index in [2.05, 4.69) is 25.6 Å². The number of carbonyl (C=O) groups excluding carboxylic acids is 1. The van der Waals surface area contributed by atoms with Crippen LogP contribution in [0.3, 0.4) is 0 Å². The predicted molar refractivity (Wildman–Crippen MR) is 98.1 cm³/mol. The molecule has 10 heteroatoms. The van der Waals surface area contributed by atoms with E-state index in [0.29, 0.717) is 25.9 Å². The van der Waals surface area contributed by atoms with E-state index in [1.54, 1.807) is 0 Å². The molecule has 2 saturated heterocycles. The van der Waals surface area contributed by atoms with Crippen LogP contribution in [0.2, 0.25) is 0 Å². The summed E-state index contributed by atoms with van der Waals surface area (Å²) in [7, 11) is 0. The first-order chi connectivity index (χ1) is 13.7. The van der Waals surface area contributed by atoms with E-state index in [-0.39, 0.29) is 11.9 Å². The van der Waals surface area contributed by atoms with Crippen LogP contribution in [0.15, 0.2) is 10.6 Å². The van der Waals surface area contributed by atoms with Gasteiger partial charge >= 0.3 is 0 Å². The molecule has 2 aromatic rings. The number of rotatable bonds is 7. The molecule has 28 heavy (non-hydrogen) atoms. The highest BCUT2D eigenvalue weighted by molar-refractivity contribution is 5.76. The van der Waals surface area contributed by atoms with Crippen molar-refractivity contribution in [1.82, 2.24) is 35.2 Å². The van der Waals surface area contributed by atoms with Gasteiger partial charge in [-0.2, -0.15) is 0 Å². The van der Waals surface area contributed by atoms with Crippen molar-refractivity contribution in [1.29, 1.82) is 0 Å². The Balaban J connectivity index is 1.28. The van der Waals surface area contributed by atoms with Gasteiger partial charge in [-0.05, 0) is 36.6 Å². The fraction of sp³-hybridized carbons (Fsp3) is 0.722. The zero-order chi connectivity index (χ0) is 19.3. The minimum absolute atomic E-state index is 0.0369. The quantitative estimate of drug-likeness (QED) is 0.690. The molecule has 4 heterocycles. The number of likely N-dealkylation sites (tertiary alicyclic amines) is 1. The average Bonchev–Trinajstić information content (AvgIpc) is 3.44. The third kappa shape index (κ3) is 4.39. The Hall–Kier alpha value is -2.33. The van der Waals surface area contributed by atoms with E-state index in [4.69, 9.17) is 9.26 Å². The van der Waals surface area contributed by atoms with Gasteiger partial charge < -0.3 is 14.2 Å². The fourth-order valence-corrected chi connectivity index (χ4v) is 3.91. The van der Waals surface area contributed by atoms with Crippen molar-refractivity contribution in [3.63, 3.8) is 0 Å². The van der Waals surface area contributed by atoms with Gasteiger partial charge in [-0.3, -0.25) is 9.69 Å². The standard InChI is InChI=1S/C18H27N7O3/c1-14-12-15(20-28-14)16-4-2-6-24(16)18(26)5-3-7-25-17(19-21-22-25)13-23-8-10-27-11-9-23/h12,16H,2-11,13H2,1H3/t16-/m1/s1. The van der Waals surface area contributed by atoms with Gasteiger partial charge in [0.25, 0.3) is 0 Å². The maximum absolute atomic E-state index is 12.8. The lowest BCUT2D eigenvalue weighted by molar-refractivity contribution is -0.132. The van der Waals surface area contributed by atoms with E-state index >= 15 is 0 Å². The maximum atomic E-state index is 12.8. The molecule has 2 aliphatic rings. The number of aryl methyl sites for hydroxylation is 2. The molecule has 0 radical (unpaired) electrons. The topological polar surface area (TPSA) is 102 Å². The monoisotopic (exact) mass is 389 g/mol. The molecule has 2 aliphatic heterocycles. The Bertz CT molecular complexity index is 784. The second-order valence-electron chi connectivity index (χ2n) is 7.42. The molecule has 0 unspecified atom stereocenters. The van der Waals surface area contributed by atoms with Crippen LogP contribution in [0.1, 0.15) is 49.0 Å². The van der Waals surface area contributed by atoms with Crippen molar-refractivity contribution in [2.45, 2.75) is 51.7 Å². The molecule has 152 valence electrons. The predicted octanol–water partition coefficient (Wildman–Crippen LogP) is 0.946. The highest BCUT2D eigenvalue weighted by Crippen LogP contribution is 2.32.